The van der Waals surface area contributed by atoms with Crippen LogP contribution in [0.25, 0.3) is 0 Å². The predicted molar refractivity (Wildman–Crippen MR) is 94.7 cm³/mol. The van der Waals surface area contributed by atoms with Gasteiger partial charge in [0.1, 0.15) is 10.8 Å². The molecule has 1 aliphatic rings. The van der Waals surface area contributed by atoms with E-state index >= 15 is 0 Å². The quantitative estimate of drug-likeness (QED) is 0.761. The number of hydrogen-bond acceptors (Lipinski definition) is 5. The standard InChI is InChI=1S/C18H20N4O2S/c1-12(18-21-14-4-2-3-5-16(14)25-18)20-17(23)15-7-6-13(24-15)10-22-9-8-19-11-22/h6-9,11-12H,2-5,10H2,1H3,(H,20,23)/t12-/m1/s1. The Labute approximate surface area is 149 Å². The minimum atomic E-state index is -0.211. The number of rotatable bonds is 5. The molecular weight excluding hydrogens is 336 g/mol. The van der Waals surface area contributed by atoms with Gasteiger partial charge in [0.15, 0.2) is 5.76 Å². The number of aromatic nitrogens is 3. The zero-order chi connectivity index (χ0) is 17.2. The second-order valence-electron chi connectivity index (χ2n) is 6.33. The Morgan fingerprint density at radius 2 is 2.28 bits per heavy atom. The zero-order valence-electron chi connectivity index (χ0n) is 14.1. The first-order valence-electron chi connectivity index (χ1n) is 8.53. The number of amides is 1. The lowest BCUT2D eigenvalue weighted by molar-refractivity contribution is 0.0910. The van der Waals surface area contributed by atoms with Gasteiger partial charge >= 0.3 is 0 Å². The van der Waals surface area contributed by atoms with Crippen molar-refractivity contribution in [1.29, 1.82) is 0 Å². The molecule has 25 heavy (non-hydrogen) atoms. The third-order valence-electron chi connectivity index (χ3n) is 4.36. The fourth-order valence-electron chi connectivity index (χ4n) is 3.03. The predicted octanol–water partition coefficient (Wildman–Crippen LogP) is 3.35. The second-order valence-corrected chi connectivity index (χ2v) is 7.44. The van der Waals surface area contributed by atoms with Crippen LogP contribution in [-0.4, -0.2) is 20.4 Å². The average Bonchev–Trinajstić information content (AvgIpc) is 3.35. The molecule has 0 aromatic carbocycles. The van der Waals surface area contributed by atoms with Gasteiger partial charge in [0.05, 0.1) is 24.6 Å². The summed E-state index contributed by atoms with van der Waals surface area (Å²) in [4.78, 5) is 22.5. The monoisotopic (exact) mass is 356 g/mol. The van der Waals surface area contributed by atoms with Gasteiger partial charge in [-0.2, -0.15) is 0 Å². The van der Waals surface area contributed by atoms with Gasteiger partial charge in [-0.15, -0.1) is 11.3 Å². The minimum Gasteiger partial charge on any atom is -0.454 e. The Hall–Kier alpha value is -2.41. The van der Waals surface area contributed by atoms with Crippen molar-refractivity contribution in [2.75, 3.05) is 0 Å². The summed E-state index contributed by atoms with van der Waals surface area (Å²) in [5.41, 5.74) is 1.22. The Bertz CT molecular complexity index is 842. The van der Waals surface area contributed by atoms with Crippen LogP contribution in [0.3, 0.4) is 0 Å². The molecule has 4 rings (SSSR count). The van der Waals surface area contributed by atoms with Gasteiger partial charge in [-0.05, 0) is 44.7 Å². The van der Waals surface area contributed by atoms with E-state index in [1.165, 1.54) is 23.4 Å². The van der Waals surface area contributed by atoms with Gasteiger partial charge in [0.2, 0.25) is 0 Å². The van der Waals surface area contributed by atoms with Crippen LogP contribution in [0.2, 0.25) is 0 Å². The van der Waals surface area contributed by atoms with E-state index in [2.05, 4.69) is 10.3 Å². The van der Waals surface area contributed by atoms with E-state index in [9.17, 15) is 4.79 Å². The van der Waals surface area contributed by atoms with Crippen molar-refractivity contribution >= 4 is 17.2 Å². The number of thiazole rings is 1. The Morgan fingerprint density at radius 3 is 3.08 bits per heavy atom. The number of nitrogens with zero attached hydrogens (tertiary/aromatic N) is 3. The molecule has 130 valence electrons. The molecule has 0 bridgehead atoms. The summed E-state index contributed by atoms with van der Waals surface area (Å²) in [5, 5.41) is 3.97. The normalized spacial score (nSPS) is 14.9. The van der Waals surface area contributed by atoms with Crippen molar-refractivity contribution in [3.8, 4) is 0 Å². The molecule has 0 fully saturated rings. The third-order valence-corrected chi connectivity index (χ3v) is 5.70. The molecular formula is C18H20N4O2S. The highest BCUT2D eigenvalue weighted by atomic mass is 32.1. The maximum Gasteiger partial charge on any atom is 0.287 e. The Morgan fingerprint density at radius 1 is 1.40 bits per heavy atom. The lowest BCUT2D eigenvalue weighted by atomic mass is 10.0. The number of aryl methyl sites for hydroxylation is 2. The van der Waals surface area contributed by atoms with Crippen LogP contribution in [0.1, 0.15) is 57.7 Å². The smallest absolute Gasteiger partial charge is 0.287 e. The SMILES string of the molecule is C[C@@H](NC(=O)c1ccc(Cn2ccnc2)o1)c1nc2c(s1)CCCC2. The number of furan rings is 1. The van der Waals surface area contributed by atoms with Crippen molar-refractivity contribution in [2.24, 2.45) is 0 Å². The van der Waals surface area contributed by atoms with Gasteiger partial charge in [-0.25, -0.2) is 9.97 Å². The molecule has 3 aromatic rings. The van der Waals surface area contributed by atoms with Crippen LogP contribution in [0.15, 0.2) is 35.3 Å². The van der Waals surface area contributed by atoms with Crippen LogP contribution in [0.4, 0.5) is 0 Å². The van der Waals surface area contributed by atoms with E-state index in [1.54, 1.807) is 29.9 Å². The number of hydrogen-bond donors (Lipinski definition) is 1. The maximum absolute atomic E-state index is 12.4. The molecule has 7 heteroatoms. The molecule has 3 aromatic heterocycles. The topological polar surface area (TPSA) is 73.0 Å². The maximum atomic E-state index is 12.4. The largest absolute Gasteiger partial charge is 0.454 e. The molecule has 0 aliphatic heterocycles. The summed E-state index contributed by atoms with van der Waals surface area (Å²) < 4.78 is 7.55. The highest BCUT2D eigenvalue weighted by Crippen LogP contribution is 2.29. The highest BCUT2D eigenvalue weighted by Gasteiger charge is 2.21. The summed E-state index contributed by atoms with van der Waals surface area (Å²) in [6.07, 6.45) is 9.91. The number of nitrogens with one attached hydrogen (secondary N) is 1. The van der Waals surface area contributed by atoms with E-state index in [4.69, 9.17) is 9.40 Å². The van der Waals surface area contributed by atoms with E-state index in [-0.39, 0.29) is 11.9 Å². The summed E-state index contributed by atoms with van der Waals surface area (Å²) >= 11 is 1.72. The van der Waals surface area contributed by atoms with Crippen molar-refractivity contribution in [1.82, 2.24) is 19.9 Å². The number of carbonyl (C=O) groups is 1. The fourth-order valence-corrected chi connectivity index (χ4v) is 4.19. The second kappa shape index (κ2) is 6.84. The van der Waals surface area contributed by atoms with Crippen LogP contribution in [-0.2, 0) is 19.4 Å². The molecule has 0 unspecified atom stereocenters. The minimum absolute atomic E-state index is 0.120. The zero-order valence-corrected chi connectivity index (χ0v) is 14.9. The molecule has 1 N–H and O–H groups in total. The first kappa shape index (κ1) is 16.1. The van der Waals surface area contributed by atoms with E-state index in [0.717, 1.165) is 23.6 Å². The molecule has 6 nitrogen and oxygen atoms in total. The van der Waals surface area contributed by atoms with Crippen LogP contribution < -0.4 is 5.32 Å². The van der Waals surface area contributed by atoms with Crippen molar-refractivity contribution < 1.29 is 9.21 Å². The fraction of sp³-hybridized carbons (Fsp3) is 0.389. The molecule has 0 spiro atoms. The highest BCUT2D eigenvalue weighted by molar-refractivity contribution is 7.11. The summed E-state index contributed by atoms with van der Waals surface area (Å²) in [7, 11) is 0. The van der Waals surface area contributed by atoms with E-state index in [1.807, 2.05) is 23.8 Å². The molecule has 1 aliphatic carbocycles. The molecule has 0 saturated heterocycles. The number of fused-ring (bicyclic) bond motifs is 1. The number of imidazole rings is 1. The van der Waals surface area contributed by atoms with Gasteiger partial charge in [0, 0.05) is 17.3 Å². The van der Waals surface area contributed by atoms with Crippen LogP contribution >= 0.6 is 11.3 Å². The van der Waals surface area contributed by atoms with Crippen LogP contribution in [0.5, 0.6) is 0 Å². The van der Waals surface area contributed by atoms with Gasteiger partial charge in [0.25, 0.3) is 5.91 Å². The van der Waals surface area contributed by atoms with E-state index < -0.39 is 0 Å². The molecule has 1 amide bonds. The molecule has 0 saturated carbocycles. The Kier molecular flexibility index (Phi) is 4.40. The number of carbonyl (C=O) groups excluding carboxylic acids is 1. The van der Waals surface area contributed by atoms with Gasteiger partial charge in [-0.3, -0.25) is 4.79 Å². The summed E-state index contributed by atoms with van der Waals surface area (Å²) in [6, 6.07) is 3.41. The summed E-state index contributed by atoms with van der Waals surface area (Å²) in [5.74, 6) is 0.835. The third kappa shape index (κ3) is 3.51. The molecule has 0 radical (unpaired) electrons. The average molecular weight is 356 g/mol. The van der Waals surface area contributed by atoms with E-state index in [0.29, 0.717) is 12.3 Å². The molecule has 1 atom stereocenters. The summed E-state index contributed by atoms with van der Waals surface area (Å²) in [6.45, 7) is 2.53. The van der Waals surface area contributed by atoms with Crippen molar-refractivity contribution in [3.63, 3.8) is 0 Å². The molecule has 3 heterocycles. The lowest BCUT2D eigenvalue weighted by Crippen LogP contribution is -2.26. The van der Waals surface area contributed by atoms with Gasteiger partial charge < -0.3 is 14.3 Å². The van der Waals surface area contributed by atoms with Gasteiger partial charge in [-0.1, -0.05) is 0 Å². The lowest BCUT2D eigenvalue weighted by Gasteiger charge is -2.09. The van der Waals surface area contributed by atoms with Crippen LogP contribution in [0, 0.1) is 0 Å². The Balaban J connectivity index is 1.41. The first-order chi connectivity index (χ1) is 12.2. The first-order valence-corrected chi connectivity index (χ1v) is 9.34. The van der Waals surface area contributed by atoms with Crippen molar-refractivity contribution in [2.45, 2.75) is 45.2 Å². The van der Waals surface area contributed by atoms with Crippen molar-refractivity contribution in [3.05, 3.63) is 58.0 Å².